The maximum Gasteiger partial charge on any atom is 0.145 e. The number of nitrogens with zero attached hydrogens (tertiary/aromatic N) is 6. The molecule has 0 atom stereocenters. The summed E-state index contributed by atoms with van der Waals surface area (Å²) in [6.45, 7) is 0. The van der Waals surface area contributed by atoms with Gasteiger partial charge in [-0.25, -0.2) is 9.97 Å². The van der Waals surface area contributed by atoms with Crippen molar-refractivity contribution in [1.82, 2.24) is 19.1 Å². The van der Waals surface area contributed by atoms with E-state index in [1.54, 1.807) is 0 Å². The molecule has 64 heavy (non-hydrogen) atoms. The summed E-state index contributed by atoms with van der Waals surface area (Å²) in [5.74, 6) is 1.75. The average Bonchev–Trinajstić information content (AvgIpc) is 3.93. The fourth-order valence-corrected chi connectivity index (χ4v) is 10.6. The molecule has 13 rings (SSSR count). The number of fused-ring (bicyclic) bond motifs is 6. The van der Waals surface area contributed by atoms with Gasteiger partial charge >= 0.3 is 0 Å². The van der Waals surface area contributed by atoms with E-state index in [2.05, 4.69) is 237 Å². The van der Waals surface area contributed by atoms with Gasteiger partial charge in [0.15, 0.2) is 0 Å². The van der Waals surface area contributed by atoms with Crippen LogP contribution < -0.4 is 9.80 Å². The van der Waals surface area contributed by atoms with Gasteiger partial charge in [0.2, 0.25) is 0 Å². The first-order valence-corrected chi connectivity index (χ1v) is 22.4. The van der Waals surface area contributed by atoms with Gasteiger partial charge in [0.1, 0.15) is 11.6 Å². The quantitative estimate of drug-likeness (QED) is 0.167. The van der Waals surface area contributed by atoms with Crippen LogP contribution >= 0.6 is 11.8 Å². The highest BCUT2D eigenvalue weighted by atomic mass is 32.2. The van der Waals surface area contributed by atoms with Gasteiger partial charge in [-0.3, -0.25) is 9.13 Å². The summed E-state index contributed by atoms with van der Waals surface area (Å²) in [4.78, 5) is 18.1. The second kappa shape index (κ2) is 14.8. The van der Waals surface area contributed by atoms with Crippen LogP contribution in [0.2, 0.25) is 0 Å². The Labute approximate surface area is 375 Å². The summed E-state index contributed by atoms with van der Waals surface area (Å²) in [7, 11) is 0. The lowest BCUT2D eigenvalue weighted by Gasteiger charge is -2.33. The van der Waals surface area contributed by atoms with Gasteiger partial charge in [-0.15, -0.1) is 0 Å². The van der Waals surface area contributed by atoms with Gasteiger partial charge in [0.25, 0.3) is 0 Å². The Morgan fingerprint density at radius 3 is 1.17 bits per heavy atom. The summed E-state index contributed by atoms with van der Waals surface area (Å²) in [6, 6.07) is 77.9. The molecule has 11 aromatic rings. The van der Waals surface area contributed by atoms with E-state index in [1.807, 2.05) is 11.8 Å². The minimum atomic E-state index is 0.873. The Morgan fingerprint density at radius 2 is 0.719 bits per heavy atom. The summed E-state index contributed by atoms with van der Waals surface area (Å²) < 4.78 is 4.55. The van der Waals surface area contributed by atoms with E-state index in [4.69, 9.17) is 9.97 Å². The van der Waals surface area contributed by atoms with E-state index in [9.17, 15) is 0 Å². The number of anilines is 6. The van der Waals surface area contributed by atoms with E-state index in [0.717, 1.165) is 74.0 Å². The van der Waals surface area contributed by atoms with Crippen LogP contribution in [0, 0.1) is 0 Å². The molecule has 0 fully saturated rings. The first-order chi connectivity index (χ1) is 31.7. The third-order valence-corrected chi connectivity index (χ3v) is 13.6. The molecule has 0 saturated heterocycles. The maximum absolute atomic E-state index is 5.44. The molecule has 2 aromatic heterocycles. The number of benzene rings is 9. The molecule has 9 aromatic carbocycles. The van der Waals surface area contributed by atoms with Crippen molar-refractivity contribution in [3.63, 3.8) is 0 Å². The van der Waals surface area contributed by atoms with Gasteiger partial charge in [0.05, 0.1) is 33.4 Å². The summed E-state index contributed by atoms with van der Waals surface area (Å²) in [5, 5.41) is 0. The fourth-order valence-electron chi connectivity index (χ4n) is 9.58. The van der Waals surface area contributed by atoms with Gasteiger partial charge in [-0.2, -0.15) is 0 Å². The SMILES string of the molecule is c1ccc(-n2c(-c3ccc(N4c5ccccc5Cc5ccccc54)cc3)nc3cc4c(cc32)nc(-c2ccc(N3c5ccccc5Sc5ccccc53)cc2)n4-c2ccccc2)cc1. The lowest BCUT2D eigenvalue weighted by Crippen LogP contribution is -2.18. The molecular weight excluding hydrogens is 801 g/mol. The summed E-state index contributed by atoms with van der Waals surface area (Å²) in [6.07, 6.45) is 0.925. The number of rotatable bonds is 6. The highest BCUT2D eigenvalue weighted by Gasteiger charge is 2.27. The van der Waals surface area contributed by atoms with Crippen molar-refractivity contribution in [3.8, 4) is 34.2 Å². The molecule has 0 unspecified atom stereocenters. The Morgan fingerprint density at radius 1 is 0.344 bits per heavy atom. The Hall–Kier alpha value is -8.13. The number of imidazole rings is 2. The van der Waals surface area contributed by atoms with Crippen LogP contribution in [0.5, 0.6) is 0 Å². The van der Waals surface area contributed by atoms with Crippen LogP contribution in [0.1, 0.15) is 11.1 Å². The number of hydrogen-bond acceptors (Lipinski definition) is 5. The molecule has 7 heteroatoms. The maximum atomic E-state index is 5.44. The van der Waals surface area contributed by atoms with Crippen LogP contribution in [0.3, 0.4) is 0 Å². The molecule has 0 bridgehead atoms. The standard InChI is InChI=1S/C57H38N6S/c1-3-17-42(18-4-1)62-52-37-47-53(36-46(52)58-56(62)38-27-31-44(32-28-38)60-48-21-9-7-15-40(48)35-41-16-8-10-22-49(41)60)63(43-19-5-2-6-20-43)57(59-47)39-29-33-45(34-30-39)61-50-23-11-13-25-54(50)64-55-26-14-12-24-51(55)61/h1-34,36-37H,35H2. The van der Waals surface area contributed by atoms with Gasteiger partial charge < -0.3 is 9.80 Å². The van der Waals surface area contributed by atoms with Crippen molar-refractivity contribution < 1.29 is 0 Å². The molecule has 0 amide bonds. The zero-order valence-electron chi connectivity index (χ0n) is 34.6. The van der Waals surface area contributed by atoms with E-state index in [1.165, 1.54) is 43.7 Å². The summed E-state index contributed by atoms with van der Waals surface area (Å²) >= 11 is 1.82. The second-order valence-corrected chi connectivity index (χ2v) is 17.4. The number of para-hydroxylation sites is 6. The predicted molar refractivity (Wildman–Crippen MR) is 263 cm³/mol. The topological polar surface area (TPSA) is 42.1 Å². The summed E-state index contributed by atoms with van der Waals surface area (Å²) in [5.41, 5.74) is 17.6. The van der Waals surface area contributed by atoms with Crippen LogP contribution in [-0.4, -0.2) is 19.1 Å². The molecule has 0 spiro atoms. The minimum absolute atomic E-state index is 0.873. The van der Waals surface area contributed by atoms with Crippen LogP contribution in [0.15, 0.2) is 228 Å². The predicted octanol–water partition coefficient (Wildman–Crippen LogP) is 15.0. The molecule has 2 aliphatic rings. The average molecular weight is 839 g/mol. The number of hydrogen-bond donors (Lipinski definition) is 0. The fraction of sp³-hybridized carbons (Fsp3) is 0.0175. The third kappa shape index (κ3) is 5.89. The second-order valence-electron chi connectivity index (χ2n) is 16.3. The molecule has 6 nitrogen and oxygen atoms in total. The Bertz CT molecular complexity index is 3230. The molecule has 0 aliphatic carbocycles. The zero-order chi connectivity index (χ0) is 42.1. The lowest BCUT2D eigenvalue weighted by atomic mass is 9.95. The molecule has 302 valence electrons. The van der Waals surface area contributed by atoms with Crippen LogP contribution in [0.4, 0.5) is 34.1 Å². The van der Waals surface area contributed by atoms with Gasteiger partial charge in [-0.05, 0) is 132 Å². The first-order valence-electron chi connectivity index (χ1n) is 21.6. The van der Waals surface area contributed by atoms with E-state index in [-0.39, 0.29) is 0 Å². The Balaban J connectivity index is 0.939. The number of aromatic nitrogens is 4. The molecule has 0 saturated carbocycles. The normalized spacial score (nSPS) is 12.8. The largest absolute Gasteiger partial charge is 0.310 e. The monoisotopic (exact) mass is 838 g/mol. The highest BCUT2D eigenvalue weighted by molar-refractivity contribution is 7.99. The third-order valence-electron chi connectivity index (χ3n) is 12.5. The molecular formula is C57H38N6S. The highest BCUT2D eigenvalue weighted by Crippen LogP contribution is 2.51. The smallest absolute Gasteiger partial charge is 0.145 e. The van der Waals surface area contributed by atoms with E-state index in [0.29, 0.717) is 0 Å². The van der Waals surface area contributed by atoms with E-state index >= 15 is 0 Å². The van der Waals surface area contributed by atoms with Crippen molar-refractivity contribution in [2.24, 2.45) is 0 Å². The molecule has 4 heterocycles. The van der Waals surface area contributed by atoms with Crippen LogP contribution in [-0.2, 0) is 6.42 Å². The lowest BCUT2D eigenvalue weighted by molar-refractivity contribution is 1.08. The van der Waals surface area contributed by atoms with Crippen molar-refractivity contribution in [1.29, 1.82) is 0 Å². The van der Waals surface area contributed by atoms with E-state index < -0.39 is 0 Å². The van der Waals surface area contributed by atoms with Gasteiger partial charge in [0, 0.05) is 61.5 Å². The molecule has 0 radical (unpaired) electrons. The van der Waals surface area contributed by atoms with Crippen molar-refractivity contribution in [2.75, 3.05) is 9.80 Å². The van der Waals surface area contributed by atoms with Gasteiger partial charge in [-0.1, -0.05) is 109 Å². The molecule has 2 aliphatic heterocycles. The zero-order valence-corrected chi connectivity index (χ0v) is 35.4. The Kier molecular flexibility index (Phi) is 8.42. The van der Waals surface area contributed by atoms with Crippen molar-refractivity contribution in [3.05, 3.63) is 230 Å². The van der Waals surface area contributed by atoms with Crippen LogP contribution in [0.25, 0.3) is 56.2 Å². The van der Waals surface area contributed by atoms with Crippen molar-refractivity contribution in [2.45, 2.75) is 16.2 Å². The minimum Gasteiger partial charge on any atom is -0.310 e. The first kappa shape index (κ1) is 36.5. The molecule has 0 N–H and O–H groups in total. The van der Waals surface area contributed by atoms with Crippen molar-refractivity contribution >= 4 is 68.0 Å².